The molecule has 2 heterocycles. The lowest BCUT2D eigenvalue weighted by Gasteiger charge is -2.20. The minimum atomic E-state index is -5.08. The zero-order chi connectivity index (χ0) is 21.8. The molecular formula is C18H22ClF3N2O5. The lowest BCUT2D eigenvalue weighted by Crippen LogP contribution is -2.32. The number of ether oxygens (including phenoxy) is 2. The normalized spacial score (nSPS) is 22.2. The summed E-state index contributed by atoms with van der Waals surface area (Å²) in [6.45, 7) is 3.97. The fourth-order valence-electron chi connectivity index (χ4n) is 3.19. The summed E-state index contributed by atoms with van der Waals surface area (Å²) in [5.41, 5.74) is 0.492. The molecule has 0 aromatic heterocycles. The molecule has 0 radical (unpaired) electrons. The van der Waals surface area contributed by atoms with Gasteiger partial charge in [0.05, 0.1) is 30.4 Å². The van der Waals surface area contributed by atoms with Crippen LogP contribution in [0, 0.1) is 5.92 Å². The molecule has 2 aliphatic rings. The zero-order valence-corrected chi connectivity index (χ0v) is 16.7. The summed E-state index contributed by atoms with van der Waals surface area (Å²) in [5.74, 6) is -1.81. The number of carboxylic acid groups (broad SMARTS) is 1. The van der Waals surface area contributed by atoms with Crippen molar-refractivity contribution >= 4 is 23.5 Å². The van der Waals surface area contributed by atoms with E-state index in [4.69, 9.17) is 31.0 Å². The van der Waals surface area contributed by atoms with Gasteiger partial charge >= 0.3 is 12.1 Å². The lowest BCUT2D eigenvalue weighted by molar-refractivity contribution is -0.192. The Balaban J connectivity index is 0.000000370. The second-order valence-electron chi connectivity index (χ2n) is 6.79. The van der Waals surface area contributed by atoms with E-state index in [1.807, 2.05) is 4.90 Å². The van der Waals surface area contributed by atoms with E-state index in [9.17, 15) is 18.0 Å². The number of carbonyl (C=O) groups is 2. The van der Waals surface area contributed by atoms with Crippen molar-refractivity contribution in [2.24, 2.45) is 5.92 Å². The minimum absolute atomic E-state index is 0.0526. The monoisotopic (exact) mass is 438 g/mol. The standard InChI is InChI=1S/C16H21ClN2O3.C2HF3O2/c1-18-5-6-22-15-10-19(9-11(15)8-18)16(20)13-7-12(21-2)3-4-14(13)17;3-2(4,5)1(6)7/h3-4,7,11,15H,5-6,8-10H2,1-2H3;(H,6,7)/t11-,15+;/m0./s1. The Morgan fingerprint density at radius 1 is 1.28 bits per heavy atom. The van der Waals surface area contributed by atoms with Gasteiger partial charge in [0, 0.05) is 32.1 Å². The zero-order valence-electron chi connectivity index (χ0n) is 15.9. The van der Waals surface area contributed by atoms with E-state index in [1.165, 1.54) is 0 Å². The number of alkyl halides is 3. The number of halogens is 4. The van der Waals surface area contributed by atoms with E-state index >= 15 is 0 Å². The van der Waals surface area contributed by atoms with Crippen LogP contribution in [0.15, 0.2) is 18.2 Å². The first-order valence-corrected chi connectivity index (χ1v) is 9.13. The number of hydrogen-bond acceptors (Lipinski definition) is 5. The topological polar surface area (TPSA) is 79.3 Å². The highest BCUT2D eigenvalue weighted by Crippen LogP contribution is 2.28. The number of carboxylic acids is 1. The molecule has 2 fully saturated rings. The van der Waals surface area contributed by atoms with Crippen LogP contribution in [0.3, 0.4) is 0 Å². The smallest absolute Gasteiger partial charge is 0.490 e. The van der Waals surface area contributed by atoms with E-state index in [2.05, 4.69) is 11.9 Å². The van der Waals surface area contributed by atoms with E-state index in [-0.39, 0.29) is 12.0 Å². The van der Waals surface area contributed by atoms with Crippen LogP contribution in [0.5, 0.6) is 5.75 Å². The van der Waals surface area contributed by atoms with Gasteiger partial charge in [-0.2, -0.15) is 13.2 Å². The van der Waals surface area contributed by atoms with Gasteiger partial charge in [-0.15, -0.1) is 0 Å². The summed E-state index contributed by atoms with van der Waals surface area (Å²) < 4.78 is 42.8. The van der Waals surface area contributed by atoms with E-state index in [0.29, 0.717) is 35.3 Å². The van der Waals surface area contributed by atoms with Gasteiger partial charge in [-0.3, -0.25) is 4.79 Å². The number of fused-ring (bicyclic) bond motifs is 1. The molecule has 29 heavy (non-hydrogen) atoms. The molecule has 3 rings (SSSR count). The summed E-state index contributed by atoms with van der Waals surface area (Å²) in [6.07, 6.45) is -4.96. The SMILES string of the molecule is COc1ccc(Cl)c(C(=O)N2C[C@@H]3CN(C)CCO[C@@H]3C2)c1.O=C(O)C(F)(F)F. The van der Waals surface area contributed by atoms with Gasteiger partial charge in [-0.05, 0) is 25.2 Å². The third-order valence-corrected chi connectivity index (χ3v) is 5.00. The van der Waals surface area contributed by atoms with Crippen molar-refractivity contribution in [3.8, 4) is 5.75 Å². The molecule has 1 amide bonds. The number of rotatable bonds is 2. The molecular weight excluding hydrogens is 417 g/mol. The Morgan fingerprint density at radius 2 is 1.93 bits per heavy atom. The molecule has 1 aromatic carbocycles. The second kappa shape index (κ2) is 9.64. The maximum atomic E-state index is 12.8. The van der Waals surface area contributed by atoms with E-state index in [1.54, 1.807) is 25.3 Å². The number of likely N-dealkylation sites (tertiary alicyclic amines) is 1. The van der Waals surface area contributed by atoms with Gasteiger partial charge in [-0.1, -0.05) is 11.6 Å². The van der Waals surface area contributed by atoms with Crippen molar-refractivity contribution < 1.29 is 37.3 Å². The molecule has 11 heteroatoms. The van der Waals surface area contributed by atoms with Crippen molar-refractivity contribution in [3.63, 3.8) is 0 Å². The van der Waals surface area contributed by atoms with Gasteiger partial charge < -0.3 is 24.4 Å². The summed E-state index contributed by atoms with van der Waals surface area (Å²) >= 11 is 6.19. The number of nitrogens with zero attached hydrogens (tertiary/aromatic N) is 2. The average Bonchev–Trinajstić information content (AvgIpc) is 2.95. The van der Waals surface area contributed by atoms with Crippen molar-refractivity contribution in [1.82, 2.24) is 9.80 Å². The molecule has 0 unspecified atom stereocenters. The van der Waals surface area contributed by atoms with Gasteiger partial charge in [0.15, 0.2) is 0 Å². The van der Waals surface area contributed by atoms with Crippen LogP contribution in [0.25, 0.3) is 0 Å². The van der Waals surface area contributed by atoms with Gasteiger partial charge in [0.2, 0.25) is 0 Å². The molecule has 1 aromatic rings. The number of aliphatic carboxylic acids is 1. The van der Waals surface area contributed by atoms with Crippen LogP contribution < -0.4 is 4.74 Å². The number of amides is 1. The molecule has 0 aliphatic carbocycles. The van der Waals surface area contributed by atoms with Crippen molar-refractivity contribution in [2.75, 3.05) is 46.9 Å². The molecule has 0 bridgehead atoms. The number of likely N-dealkylation sites (N-methyl/N-ethyl adjacent to an activating group) is 1. The Bertz CT molecular complexity index is 747. The van der Waals surface area contributed by atoms with Crippen LogP contribution in [0.4, 0.5) is 13.2 Å². The third-order valence-electron chi connectivity index (χ3n) is 4.67. The number of carbonyl (C=O) groups excluding carboxylic acids is 1. The summed E-state index contributed by atoms with van der Waals surface area (Å²) in [5, 5.41) is 7.58. The molecule has 0 saturated carbocycles. The Kier molecular flexibility index (Phi) is 7.73. The Morgan fingerprint density at radius 3 is 2.52 bits per heavy atom. The highest BCUT2D eigenvalue weighted by atomic mass is 35.5. The van der Waals surface area contributed by atoms with Gasteiger partial charge in [-0.25, -0.2) is 4.79 Å². The molecule has 1 N–H and O–H groups in total. The third kappa shape index (κ3) is 6.22. The molecule has 162 valence electrons. The Hall–Kier alpha value is -2.04. The number of benzene rings is 1. The minimum Gasteiger partial charge on any atom is -0.497 e. The van der Waals surface area contributed by atoms with Crippen molar-refractivity contribution in [1.29, 1.82) is 0 Å². The highest BCUT2D eigenvalue weighted by molar-refractivity contribution is 6.33. The number of hydrogen-bond donors (Lipinski definition) is 1. The van der Waals surface area contributed by atoms with E-state index < -0.39 is 12.1 Å². The fourth-order valence-corrected chi connectivity index (χ4v) is 3.39. The Labute approximate surface area is 170 Å². The highest BCUT2D eigenvalue weighted by Gasteiger charge is 2.39. The quantitative estimate of drug-likeness (QED) is 0.763. The summed E-state index contributed by atoms with van der Waals surface area (Å²) in [7, 11) is 3.67. The predicted octanol–water partition coefficient (Wildman–Crippen LogP) is 2.38. The predicted molar refractivity (Wildman–Crippen MR) is 98.3 cm³/mol. The summed E-state index contributed by atoms with van der Waals surface area (Å²) in [6, 6.07) is 5.16. The van der Waals surface area contributed by atoms with Crippen LogP contribution in [0.1, 0.15) is 10.4 Å². The van der Waals surface area contributed by atoms with Gasteiger partial charge in [0.25, 0.3) is 5.91 Å². The summed E-state index contributed by atoms with van der Waals surface area (Å²) in [4.78, 5) is 25.8. The molecule has 2 atom stereocenters. The average molecular weight is 439 g/mol. The largest absolute Gasteiger partial charge is 0.497 e. The lowest BCUT2D eigenvalue weighted by atomic mass is 10.1. The van der Waals surface area contributed by atoms with Crippen molar-refractivity contribution in [3.05, 3.63) is 28.8 Å². The van der Waals surface area contributed by atoms with Gasteiger partial charge in [0.1, 0.15) is 5.75 Å². The van der Waals surface area contributed by atoms with Crippen molar-refractivity contribution in [2.45, 2.75) is 12.3 Å². The fraction of sp³-hybridized carbons (Fsp3) is 0.556. The maximum absolute atomic E-state index is 12.8. The molecule has 7 nitrogen and oxygen atoms in total. The first-order valence-electron chi connectivity index (χ1n) is 8.76. The second-order valence-corrected chi connectivity index (χ2v) is 7.20. The maximum Gasteiger partial charge on any atom is 0.490 e. The first-order chi connectivity index (χ1) is 13.5. The van der Waals surface area contributed by atoms with Crippen LogP contribution in [-0.4, -0.2) is 86.0 Å². The van der Waals surface area contributed by atoms with Crippen LogP contribution in [-0.2, 0) is 9.53 Å². The molecule has 0 spiro atoms. The molecule has 2 saturated heterocycles. The van der Waals surface area contributed by atoms with Crippen LogP contribution in [0.2, 0.25) is 5.02 Å². The van der Waals surface area contributed by atoms with E-state index in [0.717, 1.165) is 19.7 Å². The van der Waals surface area contributed by atoms with Crippen LogP contribution >= 0.6 is 11.6 Å². The first kappa shape index (κ1) is 23.2. The number of methoxy groups -OCH3 is 1. The molecule has 2 aliphatic heterocycles.